The largest absolute Gasteiger partial charge is 0.321 e. The molecule has 1 N–H and O–H groups in total. The summed E-state index contributed by atoms with van der Waals surface area (Å²) in [5.41, 5.74) is 3.85. The number of benzene rings is 1. The average Bonchev–Trinajstić information content (AvgIpc) is 3.16. The Balaban J connectivity index is 1.80. The highest BCUT2D eigenvalue weighted by Crippen LogP contribution is 2.24. The number of thiophene rings is 1. The molecule has 0 bridgehead atoms. The van der Waals surface area contributed by atoms with Crippen LogP contribution < -0.4 is 5.32 Å². The lowest BCUT2D eigenvalue weighted by Gasteiger charge is -2.08. The lowest BCUT2D eigenvalue weighted by atomic mass is 10.1. The minimum atomic E-state index is -0.0765. The molecular formula is C16H17N5OS. The van der Waals surface area contributed by atoms with Crippen molar-refractivity contribution in [1.82, 2.24) is 20.2 Å². The van der Waals surface area contributed by atoms with E-state index >= 15 is 0 Å². The molecule has 0 unspecified atom stereocenters. The molecule has 3 rings (SSSR count). The number of tetrazole rings is 1. The molecule has 0 aliphatic carbocycles. The Hall–Kier alpha value is -2.54. The molecule has 0 saturated carbocycles. The van der Waals surface area contributed by atoms with Gasteiger partial charge in [-0.3, -0.25) is 4.79 Å². The van der Waals surface area contributed by atoms with Crippen molar-refractivity contribution in [2.24, 2.45) is 0 Å². The van der Waals surface area contributed by atoms with E-state index in [1.54, 1.807) is 11.0 Å². The second-order valence-corrected chi connectivity index (χ2v) is 6.51. The van der Waals surface area contributed by atoms with Gasteiger partial charge in [0.05, 0.1) is 10.6 Å². The van der Waals surface area contributed by atoms with E-state index < -0.39 is 0 Å². The highest BCUT2D eigenvalue weighted by Gasteiger charge is 2.12. The SMILES string of the molecule is CCc1cc(C(=O)Nc2ccc(-n3cnnn3)c(C)c2)sc1C. The zero-order valence-electron chi connectivity index (χ0n) is 13.2. The van der Waals surface area contributed by atoms with Crippen LogP contribution in [0, 0.1) is 13.8 Å². The van der Waals surface area contributed by atoms with E-state index in [1.165, 1.54) is 21.8 Å². The number of anilines is 1. The first kappa shape index (κ1) is 15.4. The minimum absolute atomic E-state index is 0.0765. The van der Waals surface area contributed by atoms with Crippen LogP contribution in [0.4, 0.5) is 5.69 Å². The summed E-state index contributed by atoms with van der Waals surface area (Å²) in [4.78, 5) is 14.3. The molecule has 6 nitrogen and oxygen atoms in total. The first-order valence-electron chi connectivity index (χ1n) is 7.33. The fourth-order valence-corrected chi connectivity index (χ4v) is 3.45. The summed E-state index contributed by atoms with van der Waals surface area (Å²) in [5, 5.41) is 14.1. The van der Waals surface area contributed by atoms with Crippen LogP contribution >= 0.6 is 11.3 Å². The second-order valence-electron chi connectivity index (χ2n) is 5.26. The van der Waals surface area contributed by atoms with Crippen molar-refractivity contribution in [3.8, 4) is 5.69 Å². The lowest BCUT2D eigenvalue weighted by molar-refractivity contribution is 0.103. The van der Waals surface area contributed by atoms with Gasteiger partial charge in [0, 0.05) is 10.6 Å². The van der Waals surface area contributed by atoms with Gasteiger partial charge in [0.15, 0.2) is 0 Å². The number of aryl methyl sites for hydroxylation is 3. The van der Waals surface area contributed by atoms with Crippen LogP contribution in [0.25, 0.3) is 5.69 Å². The highest BCUT2D eigenvalue weighted by atomic mass is 32.1. The first-order chi connectivity index (χ1) is 11.1. The number of carbonyl (C=O) groups is 1. The average molecular weight is 327 g/mol. The Kier molecular flexibility index (Phi) is 4.20. The van der Waals surface area contributed by atoms with Gasteiger partial charge in [0.1, 0.15) is 6.33 Å². The molecule has 7 heteroatoms. The summed E-state index contributed by atoms with van der Waals surface area (Å²) in [6, 6.07) is 7.62. The molecule has 2 heterocycles. The van der Waals surface area contributed by atoms with E-state index in [2.05, 4.69) is 27.8 Å². The van der Waals surface area contributed by atoms with E-state index in [0.717, 1.165) is 28.2 Å². The minimum Gasteiger partial charge on any atom is -0.321 e. The summed E-state index contributed by atoms with van der Waals surface area (Å²) in [5.74, 6) is -0.0765. The molecule has 23 heavy (non-hydrogen) atoms. The molecule has 3 aromatic rings. The van der Waals surface area contributed by atoms with Gasteiger partial charge in [-0.1, -0.05) is 6.92 Å². The standard InChI is InChI=1S/C16H17N5OS/c1-4-12-8-15(23-11(12)3)16(22)18-13-5-6-14(10(2)7-13)21-9-17-19-20-21/h5-9H,4H2,1-3H3,(H,18,22). The Bertz CT molecular complexity index is 838. The van der Waals surface area contributed by atoms with Crippen LogP contribution in [0.3, 0.4) is 0 Å². The van der Waals surface area contributed by atoms with Crippen LogP contribution in [0.15, 0.2) is 30.6 Å². The number of rotatable bonds is 4. The van der Waals surface area contributed by atoms with E-state index in [0.29, 0.717) is 0 Å². The molecule has 1 amide bonds. The Labute approximate surface area is 138 Å². The van der Waals surface area contributed by atoms with Crippen LogP contribution in [0.2, 0.25) is 0 Å². The van der Waals surface area contributed by atoms with Crippen LogP contribution in [0.1, 0.15) is 32.6 Å². The fourth-order valence-electron chi connectivity index (χ4n) is 2.44. The first-order valence-corrected chi connectivity index (χ1v) is 8.14. The zero-order chi connectivity index (χ0) is 16.4. The van der Waals surface area contributed by atoms with Gasteiger partial charge >= 0.3 is 0 Å². The van der Waals surface area contributed by atoms with Crippen molar-refractivity contribution in [2.45, 2.75) is 27.2 Å². The van der Waals surface area contributed by atoms with Crippen molar-refractivity contribution in [2.75, 3.05) is 5.32 Å². The summed E-state index contributed by atoms with van der Waals surface area (Å²) in [6.45, 7) is 6.10. The zero-order valence-corrected chi connectivity index (χ0v) is 14.0. The topological polar surface area (TPSA) is 72.7 Å². The van der Waals surface area contributed by atoms with Crippen molar-refractivity contribution in [3.05, 3.63) is 51.5 Å². The molecule has 1 aromatic carbocycles. The quantitative estimate of drug-likeness (QED) is 0.799. The molecule has 0 fully saturated rings. The Morgan fingerprint density at radius 3 is 2.74 bits per heavy atom. The van der Waals surface area contributed by atoms with Gasteiger partial charge in [-0.05, 0) is 66.1 Å². The van der Waals surface area contributed by atoms with Crippen molar-refractivity contribution in [3.63, 3.8) is 0 Å². The second kappa shape index (κ2) is 6.29. The van der Waals surface area contributed by atoms with Crippen LogP contribution in [0.5, 0.6) is 0 Å². The molecule has 0 aliphatic heterocycles. The molecule has 0 atom stereocenters. The lowest BCUT2D eigenvalue weighted by Crippen LogP contribution is -2.10. The number of aromatic nitrogens is 4. The third kappa shape index (κ3) is 3.14. The molecule has 0 radical (unpaired) electrons. The van der Waals surface area contributed by atoms with Gasteiger partial charge in [-0.2, -0.15) is 0 Å². The predicted molar refractivity (Wildman–Crippen MR) is 90.3 cm³/mol. The Morgan fingerprint density at radius 2 is 2.13 bits per heavy atom. The summed E-state index contributed by atoms with van der Waals surface area (Å²) < 4.78 is 1.59. The van der Waals surface area contributed by atoms with Crippen LogP contribution in [-0.4, -0.2) is 26.1 Å². The number of amides is 1. The number of nitrogens with one attached hydrogen (secondary N) is 1. The molecule has 0 aliphatic rings. The number of hydrogen-bond donors (Lipinski definition) is 1. The predicted octanol–water partition coefficient (Wildman–Crippen LogP) is 3.16. The summed E-state index contributed by atoms with van der Waals surface area (Å²) >= 11 is 1.53. The third-order valence-corrected chi connectivity index (χ3v) is 4.77. The van der Waals surface area contributed by atoms with Gasteiger partial charge in [-0.25, -0.2) is 4.68 Å². The van der Waals surface area contributed by atoms with E-state index in [1.807, 2.05) is 38.1 Å². The van der Waals surface area contributed by atoms with E-state index in [9.17, 15) is 4.79 Å². The summed E-state index contributed by atoms with van der Waals surface area (Å²) in [7, 11) is 0. The smallest absolute Gasteiger partial charge is 0.265 e. The van der Waals surface area contributed by atoms with E-state index in [-0.39, 0.29) is 5.91 Å². The maximum Gasteiger partial charge on any atom is 0.265 e. The summed E-state index contributed by atoms with van der Waals surface area (Å²) in [6.07, 6.45) is 2.48. The van der Waals surface area contributed by atoms with Gasteiger partial charge < -0.3 is 5.32 Å². The number of nitrogens with zero attached hydrogens (tertiary/aromatic N) is 4. The van der Waals surface area contributed by atoms with Gasteiger partial charge in [-0.15, -0.1) is 16.4 Å². The molecule has 118 valence electrons. The van der Waals surface area contributed by atoms with E-state index in [4.69, 9.17) is 0 Å². The fraction of sp³-hybridized carbons (Fsp3) is 0.250. The molecule has 0 saturated heterocycles. The number of hydrogen-bond acceptors (Lipinski definition) is 5. The highest BCUT2D eigenvalue weighted by molar-refractivity contribution is 7.14. The third-order valence-electron chi connectivity index (χ3n) is 3.68. The van der Waals surface area contributed by atoms with Crippen molar-refractivity contribution >= 4 is 22.9 Å². The maximum atomic E-state index is 12.4. The van der Waals surface area contributed by atoms with Gasteiger partial charge in [0.2, 0.25) is 0 Å². The van der Waals surface area contributed by atoms with Crippen molar-refractivity contribution < 1.29 is 4.79 Å². The van der Waals surface area contributed by atoms with Crippen molar-refractivity contribution in [1.29, 1.82) is 0 Å². The molecular weight excluding hydrogens is 310 g/mol. The maximum absolute atomic E-state index is 12.4. The monoisotopic (exact) mass is 327 g/mol. The Morgan fingerprint density at radius 1 is 1.30 bits per heavy atom. The van der Waals surface area contributed by atoms with Crippen LogP contribution in [-0.2, 0) is 6.42 Å². The van der Waals surface area contributed by atoms with Gasteiger partial charge in [0.25, 0.3) is 5.91 Å². The normalized spacial score (nSPS) is 10.7. The molecule has 2 aromatic heterocycles. The molecule has 0 spiro atoms. The number of carbonyl (C=O) groups excluding carboxylic acids is 1.